The molecule has 136 valence electrons. The van der Waals surface area contributed by atoms with E-state index in [4.69, 9.17) is 4.74 Å². The quantitative estimate of drug-likeness (QED) is 0.845. The van der Waals surface area contributed by atoms with E-state index in [2.05, 4.69) is 22.1 Å². The molecule has 1 amide bonds. The minimum absolute atomic E-state index is 0.110. The largest absolute Gasteiger partial charge is 0.368 e. The molecule has 0 bridgehead atoms. The van der Waals surface area contributed by atoms with E-state index in [9.17, 15) is 4.79 Å². The van der Waals surface area contributed by atoms with Crippen LogP contribution in [0.25, 0.3) is 0 Å². The number of aromatic nitrogens is 2. The molecule has 1 aliphatic carbocycles. The lowest BCUT2D eigenvalue weighted by molar-refractivity contribution is -0.140. The molecule has 6 nitrogen and oxygen atoms in total. The van der Waals surface area contributed by atoms with Crippen LogP contribution in [0.15, 0.2) is 42.6 Å². The summed E-state index contributed by atoms with van der Waals surface area (Å²) in [5, 5.41) is 0. The molecule has 6 heteroatoms. The van der Waals surface area contributed by atoms with Gasteiger partial charge in [0.1, 0.15) is 6.10 Å². The molecule has 0 radical (unpaired) electrons. The van der Waals surface area contributed by atoms with Gasteiger partial charge >= 0.3 is 0 Å². The summed E-state index contributed by atoms with van der Waals surface area (Å²) >= 11 is 0. The summed E-state index contributed by atoms with van der Waals surface area (Å²) in [4.78, 5) is 25.5. The average Bonchev–Trinajstić information content (AvgIpc) is 3.49. The summed E-state index contributed by atoms with van der Waals surface area (Å²) in [5.74, 6) is 1.37. The highest BCUT2D eigenvalue weighted by molar-refractivity contribution is 5.83. The zero-order valence-corrected chi connectivity index (χ0v) is 15.2. The predicted octanol–water partition coefficient (Wildman–Crippen LogP) is 2.25. The number of carbonyl (C=O) groups is 1. The van der Waals surface area contributed by atoms with Crippen molar-refractivity contribution < 1.29 is 9.53 Å². The van der Waals surface area contributed by atoms with Crippen LogP contribution in [0.1, 0.15) is 29.7 Å². The van der Waals surface area contributed by atoms with Crippen molar-refractivity contribution in [3.8, 4) is 0 Å². The van der Waals surface area contributed by atoms with Gasteiger partial charge in [-0.3, -0.25) is 4.79 Å². The van der Waals surface area contributed by atoms with E-state index in [0.717, 1.165) is 12.1 Å². The normalized spacial score (nSPS) is 25.0. The van der Waals surface area contributed by atoms with Gasteiger partial charge < -0.3 is 14.5 Å². The fourth-order valence-electron chi connectivity index (χ4n) is 3.56. The molecule has 1 aromatic carbocycles. The third kappa shape index (κ3) is 3.42. The van der Waals surface area contributed by atoms with E-state index in [0.29, 0.717) is 31.6 Å². The molecule has 1 aromatic heterocycles. The fraction of sp³-hybridized carbons (Fsp3) is 0.450. The Morgan fingerprint density at radius 1 is 1.23 bits per heavy atom. The van der Waals surface area contributed by atoms with Gasteiger partial charge in [0.15, 0.2) is 0 Å². The van der Waals surface area contributed by atoms with Crippen molar-refractivity contribution in [3.63, 3.8) is 0 Å². The van der Waals surface area contributed by atoms with E-state index in [1.807, 2.05) is 48.2 Å². The van der Waals surface area contributed by atoms with Gasteiger partial charge in [-0.05, 0) is 24.0 Å². The number of benzene rings is 1. The molecule has 3 atom stereocenters. The van der Waals surface area contributed by atoms with Crippen LogP contribution in [0.5, 0.6) is 0 Å². The van der Waals surface area contributed by atoms with Crippen molar-refractivity contribution in [2.45, 2.75) is 18.4 Å². The Morgan fingerprint density at radius 2 is 2.04 bits per heavy atom. The van der Waals surface area contributed by atoms with Crippen LogP contribution < -0.4 is 4.90 Å². The zero-order valence-electron chi connectivity index (χ0n) is 15.2. The minimum Gasteiger partial charge on any atom is -0.368 e. The molecular formula is C20H24N4O2. The molecule has 2 aliphatic rings. The first-order chi connectivity index (χ1) is 12.6. The lowest BCUT2D eigenvalue weighted by atomic mass is 10.1. The highest BCUT2D eigenvalue weighted by atomic mass is 16.5. The molecule has 0 N–H and O–H groups in total. The number of morpholine rings is 1. The number of carbonyl (C=O) groups excluding carboxylic acids is 1. The van der Waals surface area contributed by atoms with Gasteiger partial charge in [-0.2, -0.15) is 0 Å². The van der Waals surface area contributed by atoms with E-state index < -0.39 is 0 Å². The van der Waals surface area contributed by atoms with Crippen LogP contribution in [-0.2, 0) is 9.53 Å². The second-order valence-electron chi connectivity index (χ2n) is 7.18. The summed E-state index contributed by atoms with van der Waals surface area (Å²) in [7, 11) is 3.82. The van der Waals surface area contributed by atoms with Crippen molar-refractivity contribution in [1.29, 1.82) is 0 Å². The van der Waals surface area contributed by atoms with Crippen molar-refractivity contribution in [1.82, 2.24) is 14.9 Å². The van der Waals surface area contributed by atoms with Gasteiger partial charge in [-0.1, -0.05) is 30.3 Å². The van der Waals surface area contributed by atoms with Crippen molar-refractivity contribution >= 4 is 11.9 Å². The van der Waals surface area contributed by atoms with E-state index in [1.54, 1.807) is 6.20 Å². The molecule has 0 spiro atoms. The monoisotopic (exact) mass is 352 g/mol. The molecule has 0 unspecified atom stereocenters. The Hall–Kier alpha value is -2.47. The Bertz CT molecular complexity index is 780. The molecule has 2 aromatic rings. The third-order valence-corrected chi connectivity index (χ3v) is 5.11. The summed E-state index contributed by atoms with van der Waals surface area (Å²) in [6.07, 6.45) is 2.50. The number of amides is 1. The molecule has 1 saturated carbocycles. The van der Waals surface area contributed by atoms with Gasteiger partial charge in [-0.15, -0.1) is 0 Å². The number of hydrogen-bond donors (Lipinski definition) is 0. The first kappa shape index (κ1) is 17.0. The summed E-state index contributed by atoms with van der Waals surface area (Å²) in [6.45, 7) is 1.75. The van der Waals surface area contributed by atoms with Crippen LogP contribution in [0.4, 0.5) is 5.95 Å². The average molecular weight is 352 g/mol. The summed E-state index contributed by atoms with van der Waals surface area (Å²) < 4.78 is 5.89. The smallest absolute Gasteiger partial charge is 0.226 e. The van der Waals surface area contributed by atoms with Crippen LogP contribution in [0.2, 0.25) is 0 Å². The Labute approximate surface area is 153 Å². The minimum atomic E-state index is -0.191. The molecule has 26 heavy (non-hydrogen) atoms. The third-order valence-electron chi connectivity index (χ3n) is 5.11. The van der Waals surface area contributed by atoms with E-state index >= 15 is 0 Å². The lowest BCUT2D eigenvalue weighted by Gasteiger charge is -2.33. The number of ether oxygens (including phenoxy) is 1. The fourth-order valence-corrected chi connectivity index (χ4v) is 3.56. The van der Waals surface area contributed by atoms with Gasteiger partial charge in [0, 0.05) is 32.8 Å². The maximum Gasteiger partial charge on any atom is 0.226 e. The van der Waals surface area contributed by atoms with Crippen LogP contribution >= 0.6 is 0 Å². The number of nitrogens with zero attached hydrogens (tertiary/aromatic N) is 4. The topological polar surface area (TPSA) is 58.6 Å². The Morgan fingerprint density at radius 3 is 2.81 bits per heavy atom. The van der Waals surface area contributed by atoms with Crippen molar-refractivity contribution in [2.75, 3.05) is 38.7 Å². The van der Waals surface area contributed by atoms with Crippen LogP contribution in [0, 0.1) is 5.92 Å². The first-order valence-electron chi connectivity index (χ1n) is 9.09. The van der Waals surface area contributed by atoms with Gasteiger partial charge in [0.05, 0.1) is 18.8 Å². The highest BCUT2D eigenvalue weighted by Gasteiger charge is 2.46. The van der Waals surface area contributed by atoms with Gasteiger partial charge in [-0.25, -0.2) is 9.97 Å². The van der Waals surface area contributed by atoms with Crippen molar-refractivity contribution in [3.05, 3.63) is 53.9 Å². The molecule has 1 saturated heterocycles. The SMILES string of the molecule is CN(C)c1nccc([C@@H]2CN(C(=O)[C@H]3C[C@H]3c3ccccc3)CCO2)n1. The zero-order chi connectivity index (χ0) is 18.1. The number of rotatable bonds is 4. The van der Waals surface area contributed by atoms with Gasteiger partial charge in [0.25, 0.3) is 0 Å². The number of anilines is 1. The van der Waals surface area contributed by atoms with Crippen LogP contribution in [0.3, 0.4) is 0 Å². The van der Waals surface area contributed by atoms with Gasteiger partial charge in [0.2, 0.25) is 11.9 Å². The Kier molecular flexibility index (Phi) is 4.59. The number of hydrogen-bond acceptors (Lipinski definition) is 5. The van der Waals surface area contributed by atoms with Crippen molar-refractivity contribution in [2.24, 2.45) is 5.92 Å². The summed E-state index contributed by atoms with van der Waals surface area (Å²) in [6, 6.07) is 12.2. The summed E-state index contributed by atoms with van der Waals surface area (Å²) in [5.41, 5.74) is 2.10. The van der Waals surface area contributed by atoms with E-state index in [1.165, 1.54) is 5.56 Å². The lowest BCUT2D eigenvalue weighted by Crippen LogP contribution is -2.43. The molecule has 2 fully saturated rings. The van der Waals surface area contributed by atoms with Crippen LogP contribution in [-0.4, -0.2) is 54.6 Å². The Balaban J connectivity index is 1.43. The first-order valence-corrected chi connectivity index (χ1v) is 9.09. The second-order valence-corrected chi connectivity index (χ2v) is 7.18. The maximum absolute atomic E-state index is 12.9. The standard InChI is InChI=1S/C20H24N4O2/c1-23(2)20-21-9-8-17(22-20)18-13-24(10-11-26-18)19(25)16-12-15(16)14-6-4-3-5-7-14/h3-9,15-16,18H,10-13H2,1-2H3/t15-,16-,18-/m0/s1. The molecule has 1 aliphatic heterocycles. The molecule has 4 rings (SSSR count). The molecular weight excluding hydrogens is 328 g/mol. The van der Waals surface area contributed by atoms with E-state index in [-0.39, 0.29) is 17.9 Å². The maximum atomic E-state index is 12.9. The second kappa shape index (κ2) is 7.03. The highest BCUT2D eigenvalue weighted by Crippen LogP contribution is 2.48. The molecule has 2 heterocycles. The predicted molar refractivity (Wildman–Crippen MR) is 98.9 cm³/mol.